The number of para-hydroxylation sites is 2. The Hall–Kier alpha value is -2.53. The lowest BCUT2D eigenvalue weighted by molar-refractivity contribution is 0.0949. The van der Waals surface area contributed by atoms with E-state index in [4.69, 9.17) is 10.6 Å². The average molecular weight is 285 g/mol. The summed E-state index contributed by atoms with van der Waals surface area (Å²) in [6.45, 7) is 1.18. The fourth-order valence-electron chi connectivity index (χ4n) is 1.96. The molecule has 0 heterocycles. The predicted molar refractivity (Wildman–Crippen MR) is 83.3 cm³/mol. The summed E-state index contributed by atoms with van der Waals surface area (Å²) in [5.74, 6) is 5.33. The molecule has 2 aromatic rings. The van der Waals surface area contributed by atoms with Crippen LogP contribution in [0, 0.1) is 0 Å². The summed E-state index contributed by atoms with van der Waals surface area (Å²) < 4.78 is 5.69. The maximum Gasteiger partial charge on any atom is 0.268 e. The van der Waals surface area contributed by atoms with E-state index in [1.54, 1.807) is 18.2 Å². The lowest BCUT2D eigenvalue weighted by Crippen LogP contribution is -2.30. The number of hydrogen-bond donors (Lipinski definition) is 2. The maximum absolute atomic E-state index is 11.6. The monoisotopic (exact) mass is 285 g/mol. The van der Waals surface area contributed by atoms with Crippen LogP contribution in [-0.2, 0) is 0 Å². The van der Waals surface area contributed by atoms with Crippen LogP contribution in [0.5, 0.6) is 5.75 Å². The van der Waals surface area contributed by atoms with Gasteiger partial charge < -0.3 is 9.64 Å². The molecular weight excluding hydrogens is 266 g/mol. The Labute approximate surface area is 124 Å². The highest BCUT2D eigenvalue weighted by molar-refractivity contribution is 5.96. The molecule has 1 amide bonds. The Kier molecular flexibility index (Phi) is 5.17. The number of ether oxygens (including phenoxy) is 1. The van der Waals surface area contributed by atoms with Gasteiger partial charge in [0.25, 0.3) is 5.91 Å². The van der Waals surface area contributed by atoms with Crippen molar-refractivity contribution < 1.29 is 9.53 Å². The number of hydrazine groups is 1. The molecule has 0 aliphatic heterocycles. The number of amides is 1. The van der Waals surface area contributed by atoms with Crippen molar-refractivity contribution in [2.45, 2.75) is 0 Å². The lowest BCUT2D eigenvalue weighted by atomic mass is 10.2. The summed E-state index contributed by atoms with van der Waals surface area (Å²) in [4.78, 5) is 13.7. The van der Waals surface area contributed by atoms with E-state index in [0.717, 1.165) is 5.69 Å². The van der Waals surface area contributed by atoms with E-state index in [-0.39, 0.29) is 5.91 Å². The third kappa shape index (κ3) is 3.97. The van der Waals surface area contributed by atoms with Gasteiger partial charge in [0, 0.05) is 12.7 Å². The van der Waals surface area contributed by atoms with Crippen molar-refractivity contribution in [1.29, 1.82) is 0 Å². The molecule has 5 nitrogen and oxygen atoms in total. The minimum Gasteiger partial charge on any atom is -0.491 e. The molecule has 3 N–H and O–H groups in total. The van der Waals surface area contributed by atoms with Crippen molar-refractivity contribution in [3.05, 3.63) is 60.2 Å². The molecule has 0 spiro atoms. The van der Waals surface area contributed by atoms with E-state index < -0.39 is 0 Å². The SMILES string of the molecule is CN(CCOc1ccccc1C(=O)NN)c1ccccc1. The fourth-order valence-corrected chi connectivity index (χ4v) is 1.96. The number of hydrogen-bond acceptors (Lipinski definition) is 4. The third-order valence-corrected chi connectivity index (χ3v) is 3.14. The molecule has 110 valence electrons. The summed E-state index contributed by atoms with van der Waals surface area (Å²) in [6, 6.07) is 17.1. The highest BCUT2D eigenvalue weighted by atomic mass is 16.5. The lowest BCUT2D eigenvalue weighted by Gasteiger charge is -2.19. The Morgan fingerprint density at radius 2 is 1.81 bits per heavy atom. The molecule has 0 bridgehead atoms. The number of carbonyl (C=O) groups excluding carboxylic acids is 1. The highest BCUT2D eigenvalue weighted by Gasteiger charge is 2.10. The quantitative estimate of drug-likeness (QED) is 0.482. The van der Waals surface area contributed by atoms with Crippen molar-refractivity contribution >= 4 is 11.6 Å². The summed E-state index contributed by atoms with van der Waals surface area (Å²) in [5, 5.41) is 0. The van der Waals surface area contributed by atoms with Crippen LogP contribution in [0.15, 0.2) is 54.6 Å². The van der Waals surface area contributed by atoms with Crippen LogP contribution < -0.4 is 20.9 Å². The number of nitrogens with two attached hydrogens (primary N) is 1. The average Bonchev–Trinajstić information content (AvgIpc) is 2.55. The zero-order valence-corrected chi connectivity index (χ0v) is 12.0. The Morgan fingerprint density at radius 1 is 1.14 bits per heavy atom. The number of nitrogen functional groups attached to an aromatic ring is 1. The molecule has 0 aliphatic rings. The van der Waals surface area contributed by atoms with Crippen LogP contribution in [-0.4, -0.2) is 26.1 Å². The second-order valence-electron chi connectivity index (χ2n) is 4.58. The number of anilines is 1. The predicted octanol–water partition coefficient (Wildman–Crippen LogP) is 1.81. The van der Waals surface area contributed by atoms with Crippen molar-refractivity contribution in [3.8, 4) is 5.75 Å². The number of benzene rings is 2. The topological polar surface area (TPSA) is 67.6 Å². The fraction of sp³-hybridized carbons (Fsp3) is 0.188. The number of nitrogens with one attached hydrogen (secondary N) is 1. The van der Waals surface area contributed by atoms with Gasteiger partial charge in [-0.3, -0.25) is 10.2 Å². The van der Waals surface area contributed by atoms with Gasteiger partial charge in [0.2, 0.25) is 0 Å². The van der Waals surface area contributed by atoms with Gasteiger partial charge in [-0.15, -0.1) is 0 Å². The Bertz CT molecular complexity index is 587. The van der Waals surface area contributed by atoms with E-state index in [0.29, 0.717) is 24.5 Å². The largest absolute Gasteiger partial charge is 0.491 e. The van der Waals surface area contributed by atoms with E-state index in [9.17, 15) is 4.79 Å². The van der Waals surface area contributed by atoms with Crippen LogP contribution in [0.25, 0.3) is 0 Å². The molecule has 21 heavy (non-hydrogen) atoms. The minimum atomic E-state index is -0.359. The molecule has 5 heteroatoms. The van der Waals surface area contributed by atoms with Crippen LogP contribution in [0.2, 0.25) is 0 Å². The second kappa shape index (κ2) is 7.31. The molecule has 0 saturated carbocycles. The first kappa shape index (κ1) is 14.9. The van der Waals surface area contributed by atoms with Gasteiger partial charge in [0.1, 0.15) is 12.4 Å². The highest BCUT2D eigenvalue weighted by Crippen LogP contribution is 2.18. The zero-order chi connectivity index (χ0) is 15.1. The molecule has 0 radical (unpaired) electrons. The smallest absolute Gasteiger partial charge is 0.268 e. The molecule has 0 aliphatic carbocycles. The van der Waals surface area contributed by atoms with Gasteiger partial charge >= 0.3 is 0 Å². The van der Waals surface area contributed by atoms with Gasteiger partial charge in [0.05, 0.1) is 12.1 Å². The first-order valence-corrected chi connectivity index (χ1v) is 6.71. The first-order chi connectivity index (χ1) is 10.2. The van der Waals surface area contributed by atoms with E-state index in [1.807, 2.05) is 43.4 Å². The van der Waals surface area contributed by atoms with Gasteiger partial charge in [0.15, 0.2) is 0 Å². The summed E-state index contributed by atoms with van der Waals surface area (Å²) in [5.41, 5.74) is 3.67. The minimum absolute atomic E-state index is 0.359. The maximum atomic E-state index is 11.6. The van der Waals surface area contributed by atoms with Gasteiger partial charge in [-0.2, -0.15) is 0 Å². The molecule has 0 atom stereocenters. The van der Waals surface area contributed by atoms with E-state index in [2.05, 4.69) is 10.3 Å². The van der Waals surface area contributed by atoms with Gasteiger partial charge in [-0.05, 0) is 24.3 Å². The summed E-state index contributed by atoms with van der Waals surface area (Å²) in [7, 11) is 2.00. The van der Waals surface area contributed by atoms with Crippen LogP contribution in [0.3, 0.4) is 0 Å². The number of likely N-dealkylation sites (N-methyl/N-ethyl adjacent to an activating group) is 1. The summed E-state index contributed by atoms with van der Waals surface area (Å²) in [6.07, 6.45) is 0. The molecule has 0 saturated heterocycles. The normalized spacial score (nSPS) is 10.0. The zero-order valence-electron chi connectivity index (χ0n) is 12.0. The molecule has 2 rings (SSSR count). The molecule has 2 aromatic carbocycles. The van der Waals surface area contributed by atoms with Crippen molar-refractivity contribution in [3.63, 3.8) is 0 Å². The van der Waals surface area contributed by atoms with E-state index >= 15 is 0 Å². The van der Waals surface area contributed by atoms with Crippen LogP contribution in [0.4, 0.5) is 5.69 Å². The van der Waals surface area contributed by atoms with Gasteiger partial charge in [-0.25, -0.2) is 5.84 Å². The summed E-state index contributed by atoms with van der Waals surface area (Å²) >= 11 is 0. The van der Waals surface area contributed by atoms with Crippen molar-refractivity contribution in [2.75, 3.05) is 25.1 Å². The van der Waals surface area contributed by atoms with Crippen molar-refractivity contribution in [2.24, 2.45) is 5.84 Å². The third-order valence-electron chi connectivity index (χ3n) is 3.14. The Balaban J connectivity index is 1.93. The molecule has 0 aromatic heterocycles. The van der Waals surface area contributed by atoms with Crippen LogP contribution in [0.1, 0.15) is 10.4 Å². The van der Waals surface area contributed by atoms with Crippen LogP contribution >= 0.6 is 0 Å². The second-order valence-corrected chi connectivity index (χ2v) is 4.58. The van der Waals surface area contributed by atoms with Crippen molar-refractivity contribution in [1.82, 2.24) is 5.43 Å². The standard InChI is InChI=1S/C16H19N3O2/c1-19(13-7-3-2-4-8-13)11-12-21-15-10-6-5-9-14(15)16(20)18-17/h2-10H,11-12,17H2,1H3,(H,18,20). The number of rotatable bonds is 6. The molecular formula is C16H19N3O2. The molecule has 0 unspecified atom stereocenters. The Morgan fingerprint density at radius 3 is 2.52 bits per heavy atom. The van der Waals surface area contributed by atoms with Gasteiger partial charge in [-0.1, -0.05) is 30.3 Å². The molecule has 0 fully saturated rings. The number of nitrogens with zero attached hydrogens (tertiary/aromatic N) is 1. The van der Waals surface area contributed by atoms with E-state index in [1.165, 1.54) is 0 Å². The number of carbonyl (C=O) groups is 1. The first-order valence-electron chi connectivity index (χ1n) is 6.71.